The minimum absolute atomic E-state index is 0.0227. The molecule has 2 aliphatic heterocycles. The molecule has 0 aromatic heterocycles. The van der Waals surface area contributed by atoms with Crippen LogP contribution in [0.1, 0.15) is 21.5 Å². The highest BCUT2D eigenvalue weighted by Gasteiger charge is 2.37. The third-order valence-corrected chi connectivity index (χ3v) is 5.32. The van der Waals surface area contributed by atoms with Gasteiger partial charge in [0.15, 0.2) is 0 Å². The Morgan fingerprint density at radius 1 is 1.12 bits per heavy atom. The highest BCUT2D eigenvalue weighted by Crippen LogP contribution is 2.40. The molecule has 33 heavy (non-hydrogen) atoms. The number of nitriles is 1. The fourth-order valence-corrected chi connectivity index (χ4v) is 3.76. The summed E-state index contributed by atoms with van der Waals surface area (Å²) in [5.41, 5.74) is 0.391. The van der Waals surface area contributed by atoms with E-state index in [9.17, 15) is 27.6 Å². The number of aryl methyl sites for hydroxylation is 1. The second kappa shape index (κ2) is 8.60. The van der Waals surface area contributed by atoms with E-state index in [0.717, 1.165) is 18.2 Å². The molecule has 10 heteroatoms. The number of nitrogens with one attached hydrogen (secondary N) is 1. The number of alkyl halides is 3. The van der Waals surface area contributed by atoms with Crippen molar-refractivity contribution in [3.63, 3.8) is 0 Å². The van der Waals surface area contributed by atoms with E-state index < -0.39 is 23.5 Å². The van der Waals surface area contributed by atoms with Crippen LogP contribution in [0.4, 0.5) is 28.9 Å². The summed E-state index contributed by atoms with van der Waals surface area (Å²) in [5, 5.41) is 12.4. The number of rotatable bonds is 2. The number of hydrogen-bond acceptors (Lipinski definition) is 5. The summed E-state index contributed by atoms with van der Waals surface area (Å²) in [6, 6.07) is 8.77. The summed E-state index contributed by atoms with van der Waals surface area (Å²) < 4.78 is 59.3. The molecule has 1 N–H and O–H groups in total. The number of amides is 1. The lowest BCUT2D eigenvalue weighted by Crippen LogP contribution is -2.45. The zero-order chi connectivity index (χ0) is 23.8. The highest BCUT2D eigenvalue weighted by molar-refractivity contribution is 6.04. The molecule has 0 fully saturated rings. The average Bonchev–Trinajstić information content (AvgIpc) is 2.74. The van der Waals surface area contributed by atoms with Crippen LogP contribution in [0.15, 0.2) is 59.9 Å². The second-order valence-corrected chi connectivity index (χ2v) is 7.43. The Hall–Kier alpha value is -3.84. The van der Waals surface area contributed by atoms with Gasteiger partial charge >= 0.3 is 6.18 Å². The molecule has 0 aliphatic carbocycles. The molecule has 0 unspecified atom stereocenters. The SMILES string of the molecule is Cc1cc(F)ccc1N1CN(C2=C(\C#N)NCOC/C=C\2)C(=O)c2ccc(C(F)(F)F)cc21. The van der Waals surface area contributed by atoms with Gasteiger partial charge in [-0.25, -0.2) is 4.39 Å². The van der Waals surface area contributed by atoms with Gasteiger partial charge in [0.2, 0.25) is 0 Å². The minimum Gasteiger partial charge on any atom is -0.357 e. The number of benzene rings is 2. The maximum absolute atomic E-state index is 13.7. The topological polar surface area (TPSA) is 68.6 Å². The Balaban J connectivity index is 1.91. The molecule has 0 saturated carbocycles. The molecule has 0 spiro atoms. The van der Waals surface area contributed by atoms with Crippen LogP contribution in [0.2, 0.25) is 0 Å². The van der Waals surface area contributed by atoms with E-state index in [1.54, 1.807) is 19.1 Å². The number of carbonyl (C=O) groups is 1. The largest absolute Gasteiger partial charge is 0.416 e. The van der Waals surface area contributed by atoms with Crippen molar-refractivity contribution in [3.05, 3.63) is 82.5 Å². The number of hydrogen-bond donors (Lipinski definition) is 1. The summed E-state index contributed by atoms with van der Waals surface area (Å²) >= 11 is 0. The molecule has 4 rings (SSSR count). The first-order valence-corrected chi connectivity index (χ1v) is 9.90. The van der Waals surface area contributed by atoms with Crippen LogP contribution >= 0.6 is 0 Å². The van der Waals surface area contributed by atoms with E-state index in [-0.39, 0.29) is 42.7 Å². The van der Waals surface area contributed by atoms with E-state index in [1.165, 1.54) is 28.0 Å². The molecule has 1 amide bonds. The Kier molecular flexibility index (Phi) is 5.82. The quantitative estimate of drug-likeness (QED) is 0.668. The van der Waals surface area contributed by atoms with Crippen LogP contribution in [0.5, 0.6) is 0 Å². The summed E-state index contributed by atoms with van der Waals surface area (Å²) in [4.78, 5) is 16.2. The third-order valence-electron chi connectivity index (χ3n) is 5.32. The first-order valence-electron chi connectivity index (χ1n) is 9.90. The standard InChI is InChI=1S/C23H18F4N4O2/c1-14-9-16(24)5-7-19(14)30-13-31(20-3-2-8-33-12-29-18(20)11-28)22(32)17-6-4-15(10-21(17)30)23(25,26)27/h2-7,9-10,29H,8,12-13H2,1H3/b3-2-,20-18+. The number of halogens is 4. The summed E-state index contributed by atoms with van der Waals surface area (Å²) in [5.74, 6) is -1.06. The molecule has 170 valence electrons. The van der Waals surface area contributed by atoms with Crippen molar-refractivity contribution in [2.45, 2.75) is 13.1 Å². The van der Waals surface area contributed by atoms with Gasteiger partial charge in [-0.15, -0.1) is 0 Å². The number of allylic oxidation sites excluding steroid dienone is 2. The van der Waals surface area contributed by atoms with Crippen LogP contribution in [0, 0.1) is 24.1 Å². The van der Waals surface area contributed by atoms with Crippen LogP contribution < -0.4 is 10.2 Å². The van der Waals surface area contributed by atoms with Gasteiger partial charge in [-0.2, -0.15) is 18.4 Å². The van der Waals surface area contributed by atoms with E-state index in [2.05, 4.69) is 5.32 Å². The fourth-order valence-electron chi connectivity index (χ4n) is 3.76. The number of carbonyl (C=O) groups excluding carboxylic acids is 1. The predicted octanol–water partition coefficient (Wildman–Crippen LogP) is 4.57. The number of fused-ring (bicyclic) bond motifs is 1. The first-order chi connectivity index (χ1) is 15.7. The zero-order valence-electron chi connectivity index (χ0n) is 17.4. The summed E-state index contributed by atoms with van der Waals surface area (Å²) in [7, 11) is 0. The van der Waals surface area contributed by atoms with Crippen LogP contribution in [-0.4, -0.2) is 30.8 Å². The molecule has 2 aromatic carbocycles. The van der Waals surface area contributed by atoms with E-state index >= 15 is 0 Å². The van der Waals surface area contributed by atoms with Crippen molar-refractivity contribution in [1.29, 1.82) is 5.26 Å². The number of anilines is 2. The smallest absolute Gasteiger partial charge is 0.357 e. The van der Waals surface area contributed by atoms with Gasteiger partial charge < -0.3 is 15.0 Å². The second-order valence-electron chi connectivity index (χ2n) is 7.43. The first kappa shape index (κ1) is 22.4. The van der Waals surface area contributed by atoms with Gasteiger partial charge in [-0.05, 0) is 55.0 Å². The lowest BCUT2D eigenvalue weighted by molar-refractivity contribution is -0.137. The van der Waals surface area contributed by atoms with Crippen molar-refractivity contribution < 1.29 is 27.1 Å². The van der Waals surface area contributed by atoms with Crippen molar-refractivity contribution in [3.8, 4) is 6.07 Å². The lowest BCUT2D eigenvalue weighted by Gasteiger charge is -2.39. The molecular weight excluding hydrogens is 440 g/mol. The number of ether oxygens (including phenoxy) is 1. The number of nitrogens with zero attached hydrogens (tertiary/aromatic N) is 3. The third kappa shape index (κ3) is 4.27. The van der Waals surface area contributed by atoms with Crippen molar-refractivity contribution in [1.82, 2.24) is 10.2 Å². The molecule has 0 atom stereocenters. The van der Waals surface area contributed by atoms with Gasteiger partial charge in [0.05, 0.1) is 29.1 Å². The minimum atomic E-state index is -4.61. The van der Waals surface area contributed by atoms with E-state index in [0.29, 0.717) is 11.3 Å². The van der Waals surface area contributed by atoms with Gasteiger partial charge in [0.1, 0.15) is 31.0 Å². The van der Waals surface area contributed by atoms with Gasteiger partial charge in [0.25, 0.3) is 5.91 Å². The van der Waals surface area contributed by atoms with E-state index in [4.69, 9.17) is 4.74 Å². The molecule has 2 aliphatic rings. The monoisotopic (exact) mass is 458 g/mol. The van der Waals surface area contributed by atoms with Crippen LogP contribution in [-0.2, 0) is 10.9 Å². The molecule has 2 heterocycles. The molecule has 0 saturated heterocycles. The van der Waals surface area contributed by atoms with Crippen molar-refractivity contribution >= 4 is 17.3 Å². The fraction of sp³-hybridized carbons (Fsp3) is 0.217. The Morgan fingerprint density at radius 3 is 2.61 bits per heavy atom. The Labute approximate surface area is 187 Å². The van der Waals surface area contributed by atoms with Crippen LogP contribution in [0.3, 0.4) is 0 Å². The maximum atomic E-state index is 13.7. The predicted molar refractivity (Wildman–Crippen MR) is 111 cm³/mol. The molecule has 0 bridgehead atoms. The summed E-state index contributed by atoms with van der Waals surface area (Å²) in [6.45, 7) is 1.72. The van der Waals surface area contributed by atoms with Gasteiger partial charge in [0, 0.05) is 5.69 Å². The van der Waals surface area contributed by atoms with Crippen molar-refractivity contribution in [2.75, 3.05) is 24.9 Å². The van der Waals surface area contributed by atoms with Gasteiger partial charge in [-0.1, -0.05) is 6.08 Å². The zero-order valence-corrected chi connectivity index (χ0v) is 17.4. The molecule has 6 nitrogen and oxygen atoms in total. The molecule has 2 aromatic rings. The molecule has 0 radical (unpaired) electrons. The van der Waals surface area contributed by atoms with Crippen LogP contribution in [0.25, 0.3) is 0 Å². The normalized spacial score (nSPS) is 19.8. The highest BCUT2D eigenvalue weighted by atomic mass is 19.4. The van der Waals surface area contributed by atoms with E-state index in [1.807, 2.05) is 6.07 Å². The average molecular weight is 458 g/mol. The lowest BCUT2D eigenvalue weighted by atomic mass is 10.0. The Morgan fingerprint density at radius 2 is 1.91 bits per heavy atom. The maximum Gasteiger partial charge on any atom is 0.416 e. The summed E-state index contributed by atoms with van der Waals surface area (Å²) in [6.07, 6.45) is -1.43. The van der Waals surface area contributed by atoms with Gasteiger partial charge in [-0.3, -0.25) is 9.69 Å². The molecular formula is C23H18F4N4O2. The Bertz CT molecular complexity index is 1210. The van der Waals surface area contributed by atoms with Crippen molar-refractivity contribution in [2.24, 2.45) is 0 Å².